The molecule has 0 radical (unpaired) electrons. The van der Waals surface area contributed by atoms with Crippen molar-refractivity contribution in [3.63, 3.8) is 0 Å². The van der Waals surface area contributed by atoms with E-state index < -0.39 is 11.9 Å². The second kappa shape index (κ2) is 9.44. The summed E-state index contributed by atoms with van der Waals surface area (Å²) in [5, 5.41) is 3.06. The fraction of sp³-hybridized carbons (Fsp3) is 0.875. The van der Waals surface area contributed by atoms with Gasteiger partial charge in [0.05, 0.1) is 6.04 Å². The number of likely N-dealkylation sites (N-methyl/N-ethyl adjacent to an activating group) is 2. The molecular weight excluding hydrogens is 168 g/mol. The highest BCUT2D eigenvalue weighted by molar-refractivity contribution is 5.78. The first-order valence-electron chi connectivity index (χ1n) is 4.26. The molecule has 1 atom stereocenters. The average Bonchev–Trinajstić information content (AvgIpc) is 2.01. The number of primary amides is 1. The molecule has 0 bridgehead atoms. The second-order valence-corrected chi connectivity index (χ2v) is 3.10. The zero-order valence-corrected chi connectivity index (χ0v) is 9.00. The summed E-state index contributed by atoms with van der Waals surface area (Å²) in [6, 6.07) is -0.509. The van der Waals surface area contributed by atoms with Crippen molar-refractivity contribution in [3.8, 4) is 0 Å². The van der Waals surface area contributed by atoms with E-state index >= 15 is 0 Å². The Morgan fingerprint density at radius 3 is 2.00 bits per heavy atom. The highest BCUT2D eigenvalue weighted by Gasteiger charge is 1.96. The molecule has 0 saturated carbocycles. The zero-order valence-electron chi connectivity index (χ0n) is 9.00. The van der Waals surface area contributed by atoms with E-state index in [1.165, 1.54) is 0 Å². The van der Waals surface area contributed by atoms with Gasteiger partial charge in [-0.15, -0.1) is 0 Å². The lowest BCUT2D eigenvalue weighted by atomic mass is 10.4. The van der Waals surface area contributed by atoms with E-state index in [2.05, 4.69) is 30.0 Å². The molecule has 1 amide bonds. The monoisotopic (exact) mass is 190 g/mol. The van der Waals surface area contributed by atoms with Crippen molar-refractivity contribution in [2.24, 2.45) is 11.5 Å². The minimum absolute atomic E-state index is 0.463. The Kier molecular flexibility index (Phi) is 10.8. The Balaban J connectivity index is 0. The lowest BCUT2D eigenvalue weighted by Gasteiger charge is -2.06. The van der Waals surface area contributed by atoms with Crippen LogP contribution in [0.1, 0.15) is 6.92 Å². The number of carbonyl (C=O) groups is 1. The van der Waals surface area contributed by atoms with Crippen LogP contribution in [0.2, 0.25) is 0 Å². The van der Waals surface area contributed by atoms with Crippen LogP contribution in [0.15, 0.2) is 0 Å². The van der Waals surface area contributed by atoms with Crippen molar-refractivity contribution < 1.29 is 4.79 Å². The van der Waals surface area contributed by atoms with Gasteiger partial charge in [-0.2, -0.15) is 0 Å². The Morgan fingerprint density at radius 2 is 1.92 bits per heavy atom. The molecule has 0 unspecified atom stereocenters. The van der Waals surface area contributed by atoms with Crippen LogP contribution in [0.5, 0.6) is 0 Å². The molecule has 0 aliphatic carbocycles. The number of hydrogen-bond donors (Lipinski definition) is 3. The lowest BCUT2D eigenvalue weighted by molar-refractivity contribution is -0.118. The molecule has 0 aromatic heterocycles. The molecule has 13 heavy (non-hydrogen) atoms. The van der Waals surface area contributed by atoms with Gasteiger partial charge >= 0.3 is 0 Å². The van der Waals surface area contributed by atoms with Crippen LogP contribution in [-0.4, -0.2) is 51.1 Å². The van der Waals surface area contributed by atoms with Crippen molar-refractivity contribution in [2.45, 2.75) is 13.0 Å². The molecule has 0 aliphatic rings. The second-order valence-electron chi connectivity index (χ2n) is 3.10. The average molecular weight is 190 g/mol. The van der Waals surface area contributed by atoms with Crippen molar-refractivity contribution in [2.75, 3.05) is 34.2 Å². The summed E-state index contributed by atoms with van der Waals surface area (Å²) >= 11 is 0. The molecule has 0 aliphatic heterocycles. The minimum Gasteiger partial charge on any atom is -0.368 e. The number of hydrogen-bond acceptors (Lipinski definition) is 4. The van der Waals surface area contributed by atoms with Crippen molar-refractivity contribution >= 4 is 5.91 Å². The normalized spacial score (nSPS) is 11.8. The van der Waals surface area contributed by atoms with Gasteiger partial charge in [0, 0.05) is 13.1 Å². The fourth-order valence-corrected chi connectivity index (χ4v) is 0.335. The topological polar surface area (TPSA) is 84.4 Å². The van der Waals surface area contributed by atoms with Crippen LogP contribution >= 0.6 is 0 Å². The van der Waals surface area contributed by atoms with Crippen LogP contribution in [-0.2, 0) is 4.79 Å². The van der Waals surface area contributed by atoms with E-state index in [1.54, 1.807) is 6.92 Å². The van der Waals surface area contributed by atoms with E-state index in [-0.39, 0.29) is 0 Å². The molecule has 0 heterocycles. The molecule has 0 rings (SSSR count). The zero-order chi connectivity index (χ0) is 10.9. The number of amides is 1. The molecule has 0 aromatic rings. The Bertz CT molecular complexity index is 125. The minimum atomic E-state index is -0.509. The van der Waals surface area contributed by atoms with Gasteiger partial charge in [-0.05, 0) is 28.1 Å². The van der Waals surface area contributed by atoms with Crippen molar-refractivity contribution in [3.05, 3.63) is 0 Å². The molecule has 5 N–H and O–H groups in total. The summed E-state index contributed by atoms with van der Waals surface area (Å²) in [4.78, 5) is 11.9. The summed E-state index contributed by atoms with van der Waals surface area (Å²) < 4.78 is 0. The number of rotatable bonds is 4. The number of nitrogens with one attached hydrogen (secondary N) is 1. The maximum Gasteiger partial charge on any atom is 0.234 e. The molecule has 0 fully saturated rings. The van der Waals surface area contributed by atoms with E-state index in [0.29, 0.717) is 0 Å². The van der Waals surface area contributed by atoms with Crippen LogP contribution in [0.25, 0.3) is 0 Å². The van der Waals surface area contributed by atoms with Crippen LogP contribution in [0.3, 0.4) is 0 Å². The summed E-state index contributed by atoms with van der Waals surface area (Å²) in [7, 11) is 6.10. The van der Waals surface area contributed by atoms with Gasteiger partial charge in [-0.25, -0.2) is 0 Å². The first kappa shape index (κ1) is 14.9. The van der Waals surface area contributed by atoms with Gasteiger partial charge < -0.3 is 21.7 Å². The maximum absolute atomic E-state index is 9.80. The SMILES string of the molecule is CNCCN(C)C.C[C@H](N)C(N)=O. The highest BCUT2D eigenvalue weighted by Crippen LogP contribution is 1.66. The van der Waals surface area contributed by atoms with Gasteiger partial charge in [0.2, 0.25) is 5.91 Å². The summed E-state index contributed by atoms with van der Waals surface area (Å²) in [5.41, 5.74) is 9.63. The lowest BCUT2D eigenvalue weighted by Crippen LogP contribution is -2.32. The quantitative estimate of drug-likeness (QED) is 0.508. The highest BCUT2D eigenvalue weighted by atomic mass is 16.1. The Labute approximate surface area is 80.5 Å². The number of carbonyl (C=O) groups excluding carboxylic acids is 1. The van der Waals surface area contributed by atoms with E-state index in [1.807, 2.05) is 7.05 Å². The molecule has 0 aromatic carbocycles. The van der Waals surface area contributed by atoms with Gasteiger partial charge in [-0.3, -0.25) is 4.79 Å². The molecule has 5 heteroatoms. The Morgan fingerprint density at radius 1 is 1.54 bits per heavy atom. The van der Waals surface area contributed by atoms with E-state index in [4.69, 9.17) is 5.73 Å². The smallest absolute Gasteiger partial charge is 0.234 e. The van der Waals surface area contributed by atoms with Crippen LogP contribution in [0, 0.1) is 0 Å². The van der Waals surface area contributed by atoms with E-state index in [0.717, 1.165) is 13.1 Å². The molecule has 0 spiro atoms. The Hall–Kier alpha value is -0.650. The molecular formula is C8H22N4O. The van der Waals surface area contributed by atoms with Gasteiger partial charge in [0.15, 0.2) is 0 Å². The number of nitrogens with zero attached hydrogens (tertiary/aromatic N) is 1. The van der Waals surface area contributed by atoms with Crippen molar-refractivity contribution in [1.29, 1.82) is 0 Å². The van der Waals surface area contributed by atoms with Crippen molar-refractivity contribution in [1.82, 2.24) is 10.2 Å². The third-order valence-electron chi connectivity index (χ3n) is 1.26. The maximum atomic E-state index is 9.80. The van der Waals surface area contributed by atoms with Gasteiger partial charge in [0.25, 0.3) is 0 Å². The summed E-state index contributed by atoms with van der Waals surface area (Å²) in [6.45, 7) is 3.74. The summed E-state index contributed by atoms with van der Waals surface area (Å²) in [6.07, 6.45) is 0. The molecule has 80 valence electrons. The number of nitrogens with two attached hydrogens (primary N) is 2. The van der Waals surface area contributed by atoms with Crippen LogP contribution < -0.4 is 16.8 Å². The van der Waals surface area contributed by atoms with Crippen LogP contribution in [0.4, 0.5) is 0 Å². The summed E-state index contributed by atoms with van der Waals surface area (Å²) in [5.74, 6) is -0.463. The third kappa shape index (κ3) is 18.4. The predicted molar refractivity (Wildman–Crippen MR) is 55.3 cm³/mol. The first-order chi connectivity index (χ1) is 5.91. The van der Waals surface area contributed by atoms with Gasteiger partial charge in [0.1, 0.15) is 0 Å². The predicted octanol–water partition coefficient (Wildman–Crippen LogP) is -1.41. The van der Waals surface area contributed by atoms with E-state index in [9.17, 15) is 4.79 Å². The largest absolute Gasteiger partial charge is 0.368 e. The fourth-order valence-electron chi connectivity index (χ4n) is 0.335. The van der Waals surface area contributed by atoms with Gasteiger partial charge in [-0.1, -0.05) is 0 Å². The molecule has 0 saturated heterocycles. The standard InChI is InChI=1S/C5H14N2.C3H8N2O/c1-6-4-5-7(2)3;1-2(4)3(5)6/h6H,4-5H2,1-3H3;2H,4H2,1H3,(H2,5,6)/t;2-/m.0/s1. The molecule has 5 nitrogen and oxygen atoms in total. The third-order valence-corrected chi connectivity index (χ3v) is 1.26. The first-order valence-corrected chi connectivity index (χ1v) is 4.26.